The first kappa shape index (κ1) is 14.0. The van der Waals surface area contributed by atoms with Crippen molar-refractivity contribution >= 4 is 0 Å². The molecule has 2 aliphatic rings. The molecule has 0 amide bonds. The summed E-state index contributed by atoms with van der Waals surface area (Å²) in [6.07, 6.45) is 9.11. The molecule has 1 aromatic rings. The fourth-order valence-corrected chi connectivity index (χ4v) is 3.34. The summed E-state index contributed by atoms with van der Waals surface area (Å²) in [7, 11) is 0. The number of hydrogen-bond donors (Lipinski definition) is 1. The molecule has 4 nitrogen and oxygen atoms in total. The highest BCUT2D eigenvalue weighted by molar-refractivity contribution is 5.15. The van der Waals surface area contributed by atoms with Crippen molar-refractivity contribution in [2.75, 3.05) is 13.2 Å². The number of pyridine rings is 1. The third-order valence-corrected chi connectivity index (χ3v) is 4.51. The van der Waals surface area contributed by atoms with Gasteiger partial charge in [0.05, 0.1) is 13.2 Å². The van der Waals surface area contributed by atoms with Crippen LogP contribution in [-0.4, -0.2) is 30.0 Å². The van der Waals surface area contributed by atoms with Crippen molar-refractivity contribution in [2.24, 2.45) is 0 Å². The lowest BCUT2D eigenvalue weighted by molar-refractivity contribution is -0.179. The Bertz CT molecular complexity index is 408. The van der Waals surface area contributed by atoms with E-state index in [4.69, 9.17) is 9.47 Å². The molecule has 0 aromatic carbocycles. The fourth-order valence-electron chi connectivity index (χ4n) is 3.34. The molecule has 3 rings (SSSR count). The van der Waals surface area contributed by atoms with Gasteiger partial charge in [0.25, 0.3) is 0 Å². The minimum atomic E-state index is -0.253. The topological polar surface area (TPSA) is 43.4 Å². The monoisotopic (exact) mass is 276 g/mol. The van der Waals surface area contributed by atoms with Crippen molar-refractivity contribution < 1.29 is 9.47 Å². The largest absolute Gasteiger partial charge is 0.348 e. The first-order valence-electron chi connectivity index (χ1n) is 7.75. The lowest BCUT2D eigenvalue weighted by atomic mass is 9.89. The van der Waals surface area contributed by atoms with Gasteiger partial charge in [-0.05, 0) is 37.0 Å². The van der Waals surface area contributed by atoms with Crippen molar-refractivity contribution in [1.29, 1.82) is 0 Å². The smallest absolute Gasteiger partial charge is 0.168 e. The number of hydrogen-bond acceptors (Lipinski definition) is 4. The Morgan fingerprint density at radius 1 is 1.25 bits per heavy atom. The Hall–Kier alpha value is -0.970. The molecule has 110 valence electrons. The molecular formula is C16H24N2O2. The molecule has 20 heavy (non-hydrogen) atoms. The van der Waals surface area contributed by atoms with Gasteiger partial charge in [0.15, 0.2) is 5.79 Å². The van der Waals surface area contributed by atoms with E-state index < -0.39 is 0 Å². The first-order chi connectivity index (χ1) is 9.81. The van der Waals surface area contributed by atoms with Crippen LogP contribution in [0.25, 0.3) is 0 Å². The van der Waals surface area contributed by atoms with Crippen LogP contribution in [0.15, 0.2) is 24.5 Å². The lowest BCUT2D eigenvalue weighted by Gasteiger charge is -2.37. The molecule has 1 atom stereocenters. The zero-order valence-corrected chi connectivity index (χ0v) is 12.2. The molecule has 2 fully saturated rings. The van der Waals surface area contributed by atoms with Gasteiger partial charge in [-0.15, -0.1) is 0 Å². The van der Waals surface area contributed by atoms with Crippen LogP contribution in [0.2, 0.25) is 0 Å². The zero-order chi connectivity index (χ0) is 13.8. The van der Waals surface area contributed by atoms with Gasteiger partial charge < -0.3 is 14.8 Å². The summed E-state index contributed by atoms with van der Waals surface area (Å²) < 4.78 is 11.6. The van der Waals surface area contributed by atoms with Crippen molar-refractivity contribution in [1.82, 2.24) is 10.3 Å². The van der Waals surface area contributed by atoms with Gasteiger partial charge in [-0.25, -0.2) is 0 Å². The van der Waals surface area contributed by atoms with Gasteiger partial charge in [0.2, 0.25) is 0 Å². The van der Waals surface area contributed by atoms with Crippen LogP contribution in [-0.2, 0) is 9.47 Å². The predicted octanol–water partition coefficient (Wildman–Crippen LogP) is 2.81. The van der Waals surface area contributed by atoms with Crippen LogP contribution in [0, 0.1) is 0 Å². The second kappa shape index (κ2) is 6.20. The van der Waals surface area contributed by atoms with E-state index in [-0.39, 0.29) is 5.79 Å². The summed E-state index contributed by atoms with van der Waals surface area (Å²) in [6, 6.07) is 5.19. The molecule has 0 bridgehead atoms. The Morgan fingerprint density at radius 2 is 1.90 bits per heavy atom. The van der Waals surface area contributed by atoms with Crippen LogP contribution in [0.5, 0.6) is 0 Å². The van der Waals surface area contributed by atoms with Crippen LogP contribution in [0.3, 0.4) is 0 Å². The molecule has 1 N–H and O–H groups in total. The van der Waals surface area contributed by atoms with Gasteiger partial charge in [-0.1, -0.05) is 6.92 Å². The van der Waals surface area contributed by atoms with E-state index in [9.17, 15) is 0 Å². The van der Waals surface area contributed by atoms with Crippen molar-refractivity contribution in [2.45, 2.75) is 56.9 Å². The van der Waals surface area contributed by atoms with E-state index in [2.05, 4.69) is 29.4 Å². The molecule has 1 aliphatic heterocycles. The molecule has 2 heterocycles. The minimum Gasteiger partial charge on any atom is -0.348 e. The minimum absolute atomic E-state index is 0.253. The van der Waals surface area contributed by atoms with E-state index in [1.807, 2.05) is 12.4 Å². The van der Waals surface area contributed by atoms with Crippen molar-refractivity contribution in [3.8, 4) is 0 Å². The standard InChI is InChI=1S/C16H24N2O2/c1-2-15(13-5-9-17-10-6-13)18-14-3-7-16(8-4-14)19-11-12-20-16/h5-6,9-10,14-15,18H,2-4,7-8,11-12H2,1H3/t15-/m1/s1. The van der Waals surface area contributed by atoms with Gasteiger partial charge >= 0.3 is 0 Å². The molecule has 0 unspecified atom stereocenters. The first-order valence-corrected chi connectivity index (χ1v) is 7.75. The molecular weight excluding hydrogens is 252 g/mol. The molecule has 1 saturated heterocycles. The number of nitrogens with zero attached hydrogens (tertiary/aromatic N) is 1. The third kappa shape index (κ3) is 3.03. The number of nitrogens with one attached hydrogen (secondary N) is 1. The number of ether oxygens (including phenoxy) is 2. The average Bonchev–Trinajstić information content (AvgIpc) is 2.96. The SMILES string of the molecule is CC[C@@H](NC1CCC2(CC1)OCCO2)c1ccncc1. The van der Waals surface area contributed by atoms with Gasteiger partial charge in [0, 0.05) is 37.3 Å². The maximum absolute atomic E-state index is 5.79. The third-order valence-electron chi connectivity index (χ3n) is 4.51. The molecule has 1 spiro atoms. The second-order valence-corrected chi connectivity index (χ2v) is 5.79. The zero-order valence-electron chi connectivity index (χ0n) is 12.2. The number of aromatic nitrogens is 1. The van der Waals surface area contributed by atoms with E-state index in [0.717, 1.165) is 45.3 Å². The average molecular weight is 276 g/mol. The highest BCUT2D eigenvalue weighted by Gasteiger charge is 2.40. The van der Waals surface area contributed by atoms with Crippen molar-refractivity contribution in [3.05, 3.63) is 30.1 Å². The van der Waals surface area contributed by atoms with Gasteiger partial charge in [-0.3, -0.25) is 4.98 Å². The Kier molecular flexibility index (Phi) is 4.34. The summed E-state index contributed by atoms with van der Waals surface area (Å²) in [5, 5.41) is 3.79. The van der Waals surface area contributed by atoms with E-state index >= 15 is 0 Å². The second-order valence-electron chi connectivity index (χ2n) is 5.79. The summed E-state index contributed by atoms with van der Waals surface area (Å²) in [5.74, 6) is -0.253. The number of rotatable bonds is 4. The quantitative estimate of drug-likeness (QED) is 0.918. The Balaban J connectivity index is 1.55. The maximum atomic E-state index is 5.79. The predicted molar refractivity (Wildman–Crippen MR) is 77.3 cm³/mol. The highest BCUT2D eigenvalue weighted by Crippen LogP contribution is 2.36. The Morgan fingerprint density at radius 3 is 2.50 bits per heavy atom. The van der Waals surface area contributed by atoms with Crippen molar-refractivity contribution in [3.63, 3.8) is 0 Å². The summed E-state index contributed by atoms with van der Waals surface area (Å²) in [4.78, 5) is 4.10. The lowest BCUT2D eigenvalue weighted by Crippen LogP contribution is -2.43. The van der Waals surface area contributed by atoms with Crippen LogP contribution >= 0.6 is 0 Å². The summed E-state index contributed by atoms with van der Waals surface area (Å²) in [6.45, 7) is 3.74. The molecule has 1 saturated carbocycles. The highest BCUT2D eigenvalue weighted by atomic mass is 16.7. The molecule has 1 aliphatic carbocycles. The molecule has 4 heteroatoms. The van der Waals surface area contributed by atoms with E-state index in [1.54, 1.807) is 0 Å². The maximum Gasteiger partial charge on any atom is 0.168 e. The van der Waals surface area contributed by atoms with Gasteiger partial charge in [-0.2, -0.15) is 0 Å². The van der Waals surface area contributed by atoms with Gasteiger partial charge in [0.1, 0.15) is 0 Å². The van der Waals surface area contributed by atoms with E-state index in [1.165, 1.54) is 5.56 Å². The molecule has 0 radical (unpaired) electrons. The normalized spacial score (nSPS) is 24.1. The summed E-state index contributed by atoms with van der Waals surface area (Å²) >= 11 is 0. The van der Waals surface area contributed by atoms with Crippen LogP contribution in [0.4, 0.5) is 0 Å². The summed E-state index contributed by atoms with van der Waals surface area (Å²) in [5.41, 5.74) is 1.33. The fraction of sp³-hybridized carbons (Fsp3) is 0.688. The van der Waals surface area contributed by atoms with Crippen LogP contribution < -0.4 is 5.32 Å². The van der Waals surface area contributed by atoms with Crippen LogP contribution in [0.1, 0.15) is 50.6 Å². The Labute approximate surface area is 120 Å². The molecule has 1 aromatic heterocycles. The van der Waals surface area contributed by atoms with E-state index in [0.29, 0.717) is 12.1 Å².